The van der Waals surface area contributed by atoms with Crippen molar-refractivity contribution in [1.29, 1.82) is 0 Å². The van der Waals surface area contributed by atoms with Crippen molar-refractivity contribution in [3.8, 4) is 5.75 Å². The number of unbranched alkanes of at least 4 members (excludes halogenated alkanes) is 5. The van der Waals surface area contributed by atoms with E-state index in [1.165, 1.54) is 56.2 Å². The number of nitrogens with zero attached hydrogens (tertiary/aromatic N) is 1. The second kappa shape index (κ2) is 12.7. The maximum Gasteiger partial charge on any atom is 0.343 e. The summed E-state index contributed by atoms with van der Waals surface area (Å²) in [6.45, 7) is 2.23. The predicted octanol–water partition coefficient (Wildman–Crippen LogP) is 7.13. The lowest BCUT2D eigenvalue weighted by Crippen LogP contribution is -2.09. The number of esters is 1. The smallest absolute Gasteiger partial charge is 0.343 e. The van der Waals surface area contributed by atoms with Gasteiger partial charge in [-0.2, -0.15) is 0 Å². The van der Waals surface area contributed by atoms with E-state index in [9.17, 15) is 9.18 Å². The molecule has 0 aliphatic carbocycles. The first-order valence-corrected chi connectivity index (χ1v) is 11.6. The standard InChI is InChI=1S/C28H32FNO2/c1-2-3-4-5-6-7-8-22-9-14-24(15-10-22)28(31)32-27-20-19-26(30-21-27)18-13-23-11-16-25(29)17-12-23/h9-12,14-17,19-21H,2-8,13,18H2,1H3. The number of carbonyl (C=O) groups excluding carboxylic acids is 1. The van der Waals surface area contributed by atoms with Crippen molar-refractivity contribution in [1.82, 2.24) is 4.98 Å². The van der Waals surface area contributed by atoms with E-state index in [4.69, 9.17) is 4.74 Å². The second-order valence-corrected chi connectivity index (χ2v) is 8.22. The van der Waals surface area contributed by atoms with Gasteiger partial charge in [-0.05, 0) is 73.2 Å². The fraction of sp³-hybridized carbons (Fsp3) is 0.357. The van der Waals surface area contributed by atoms with E-state index >= 15 is 0 Å². The topological polar surface area (TPSA) is 39.2 Å². The van der Waals surface area contributed by atoms with Crippen molar-refractivity contribution in [3.63, 3.8) is 0 Å². The molecule has 168 valence electrons. The van der Waals surface area contributed by atoms with Gasteiger partial charge in [-0.15, -0.1) is 0 Å². The fourth-order valence-electron chi connectivity index (χ4n) is 3.63. The minimum absolute atomic E-state index is 0.231. The van der Waals surface area contributed by atoms with Crippen LogP contribution in [0.3, 0.4) is 0 Å². The van der Waals surface area contributed by atoms with E-state index in [0.717, 1.165) is 30.5 Å². The summed E-state index contributed by atoms with van der Waals surface area (Å²) in [5.74, 6) is -0.181. The molecule has 0 saturated carbocycles. The molecule has 0 unspecified atom stereocenters. The third-order valence-electron chi connectivity index (χ3n) is 5.60. The van der Waals surface area contributed by atoms with Crippen LogP contribution in [0.1, 0.15) is 72.6 Å². The minimum atomic E-state index is -0.378. The number of rotatable bonds is 12. The number of halogens is 1. The molecule has 0 atom stereocenters. The van der Waals surface area contributed by atoms with Gasteiger partial charge in [0, 0.05) is 5.69 Å². The second-order valence-electron chi connectivity index (χ2n) is 8.22. The first-order valence-electron chi connectivity index (χ1n) is 11.6. The largest absolute Gasteiger partial charge is 0.421 e. The van der Waals surface area contributed by atoms with Gasteiger partial charge in [0.15, 0.2) is 0 Å². The molecule has 2 aromatic carbocycles. The number of pyridine rings is 1. The average Bonchev–Trinajstić information content (AvgIpc) is 2.82. The molecule has 0 radical (unpaired) electrons. The van der Waals surface area contributed by atoms with Gasteiger partial charge in [0.1, 0.15) is 11.6 Å². The van der Waals surface area contributed by atoms with Crippen LogP contribution >= 0.6 is 0 Å². The van der Waals surface area contributed by atoms with Crippen molar-refractivity contribution in [3.05, 3.63) is 95.1 Å². The summed E-state index contributed by atoms with van der Waals surface area (Å²) in [5.41, 5.74) is 3.75. The highest BCUT2D eigenvalue weighted by molar-refractivity contribution is 5.91. The molecular formula is C28H32FNO2. The van der Waals surface area contributed by atoms with Gasteiger partial charge in [0.05, 0.1) is 11.8 Å². The van der Waals surface area contributed by atoms with Crippen molar-refractivity contribution in [2.75, 3.05) is 0 Å². The molecule has 0 saturated heterocycles. The minimum Gasteiger partial charge on any atom is -0.421 e. The summed E-state index contributed by atoms with van der Waals surface area (Å²) < 4.78 is 18.4. The van der Waals surface area contributed by atoms with Gasteiger partial charge in [-0.25, -0.2) is 9.18 Å². The molecular weight excluding hydrogens is 401 g/mol. The number of aromatic nitrogens is 1. The van der Waals surface area contributed by atoms with E-state index in [2.05, 4.69) is 11.9 Å². The van der Waals surface area contributed by atoms with Crippen LogP contribution in [0.5, 0.6) is 5.75 Å². The predicted molar refractivity (Wildman–Crippen MR) is 127 cm³/mol. The Morgan fingerprint density at radius 1 is 0.781 bits per heavy atom. The van der Waals surface area contributed by atoms with Crippen molar-refractivity contribution < 1.29 is 13.9 Å². The molecule has 3 nitrogen and oxygen atoms in total. The van der Waals surface area contributed by atoms with Gasteiger partial charge >= 0.3 is 5.97 Å². The Balaban J connectivity index is 1.43. The van der Waals surface area contributed by atoms with Crippen LogP contribution in [0.25, 0.3) is 0 Å². The number of hydrogen-bond donors (Lipinski definition) is 0. The normalized spacial score (nSPS) is 10.8. The van der Waals surface area contributed by atoms with Crippen LogP contribution in [-0.4, -0.2) is 11.0 Å². The zero-order valence-electron chi connectivity index (χ0n) is 18.9. The van der Waals surface area contributed by atoms with Crippen LogP contribution in [0.4, 0.5) is 4.39 Å². The number of benzene rings is 2. The molecule has 0 aliphatic rings. The zero-order chi connectivity index (χ0) is 22.6. The van der Waals surface area contributed by atoms with Gasteiger partial charge in [0.25, 0.3) is 0 Å². The molecule has 3 rings (SSSR count). The highest BCUT2D eigenvalue weighted by Crippen LogP contribution is 2.15. The van der Waals surface area contributed by atoms with Crippen molar-refractivity contribution in [2.45, 2.75) is 64.7 Å². The summed E-state index contributed by atoms with van der Waals surface area (Å²) in [4.78, 5) is 16.8. The Morgan fingerprint density at radius 2 is 1.44 bits per heavy atom. The van der Waals surface area contributed by atoms with Crippen molar-refractivity contribution in [2.24, 2.45) is 0 Å². The number of carbonyl (C=O) groups is 1. The first-order chi connectivity index (χ1) is 15.6. The Morgan fingerprint density at radius 3 is 2.12 bits per heavy atom. The zero-order valence-corrected chi connectivity index (χ0v) is 18.9. The van der Waals surface area contributed by atoms with Gasteiger partial charge < -0.3 is 4.74 Å². The van der Waals surface area contributed by atoms with Crippen LogP contribution in [0.15, 0.2) is 66.9 Å². The fourth-order valence-corrected chi connectivity index (χ4v) is 3.63. The molecule has 1 aromatic heterocycles. The van der Waals surface area contributed by atoms with E-state index in [0.29, 0.717) is 11.3 Å². The molecule has 0 amide bonds. The number of aryl methyl sites for hydroxylation is 3. The third kappa shape index (κ3) is 7.92. The third-order valence-corrected chi connectivity index (χ3v) is 5.60. The Kier molecular flexibility index (Phi) is 9.42. The van der Waals surface area contributed by atoms with Crippen LogP contribution in [0, 0.1) is 5.82 Å². The lowest BCUT2D eigenvalue weighted by Gasteiger charge is -2.07. The Labute approximate surface area is 190 Å². The summed E-state index contributed by atoms with van der Waals surface area (Å²) in [6, 6.07) is 17.8. The van der Waals surface area contributed by atoms with E-state index in [1.54, 1.807) is 24.4 Å². The monoisotopic (exact) mass is 433 g/mol. The van der Waals surface area contributed by atoms with Crippen molar-refractivity contribution >= 4 is 5.97 Å². The number of hydrogen-bond acceptors (Lipinski definition) is 3. The molecule has 32 heavy (non-hydrogen) atoms. The SMILES string of the molecule is CCCCCCCCc1ccc(C(=O)Oc2ccc(CCc3ccc(F)cc3)nc2)cc1. The van der Waals surface area contributed by atoms with Crippen LogP contribution < -0.4 is 4.74 Å². The van der Waals surface area contributed by atoms with Crippen LogP contribution in [-0.2, 0) is 19.3 Å². The average molecular weight is 434 g/mol. The molecule has 0 fully saturated rings. The highest BCUT2D eigenvalue weighted by Gasteiger charge is 2.09. The van der Waals surface area contributed by atoms with E-state index in [-0.39, 0.29) is 11.8 Å². The molecule has 0 N–H and O–H groups in total. The molecule has 4 heteroatoms. The Hall–Kier alpha value is -3.01. The maximum absolute atomic E-state index is 13.0. The first kappa shape index (κ1) is 23.6. The quantitative estimate of drug-likeness (QED) is 0.225. The Bertz CT molecular complexity index is 950. The summed E-state index contributed by atoms with van der Waals surface area (Å²) >= 11 is 0. The lowest BCUT2D eigenvalue weighted by atomic mass is 10.0. The molecule has 3 aromatic rings. The molecule has 0 bridgehead atoms. The summed E-state index contributed by atoms with van der Waals surface area (Å²) in [5, 5.41) is 0. The van der Waals surface area contributed by atoms with Gasteiger partial charge in [-0.1, -0.05) is 63.3 Å². The maximum atomic E-state index is 13.0. The number of ether oxygens (including phenoxy) is 1. The van der Waals surface area contributed by atoms with E-state index in [1.807, 2.05) is 30.3 Å². The lowest BCUT2D eigenvalue weighted by molar-refractivity contribution is 0.0734. The molecule has 1 heterocycles. The summed E-state index contributed by atoms with van der Waals surface area (Å²) in [7, 11) is 0. The van der Waals surface area contributed by atoms with E-state index < -0.39 is 0 Å². The van der Waals surface area contributed by atoms with Crippen LogP contribution in [0.2, 0.25) is 0 Å². The summed E-state index contributed by atoms with van der Waals surface area (Å²) in [6.07, 6.45) is 11.8. The molecule has 0 aliphatic heterocycles. The molecule has 0 spiro atoms. The van der Waals surface area contributed by atoms with Gasteiger partial charge in [-0.3, -0.25) is 4.98 Å². The highest BCUT2D eigenvalue weighted by atomic mass is 19.1. The van der Waals surface area contributed by atoms with Gasteiger partial charge in [0.2, 0.25) is 0 Å².